The Labute approximate surface area is 45.2 Å². The molecule has 42 valence electrons. The minimum absolute atomic E-state index is 0. The first-order valence-corrected chi connectivity index (χ1v) is 0.632. The SMILES string of the molecule is N.O=C([O-])O.[Cu+]. The minimum atomic E-state index is -2.08. The molecule has 4 N–H and O–H groups in total. The van der Waals surface area contributed by atoms with Crippen molar-refractivity contribution in [3.63, 3.8) is 0 Å². The molecular formula is CH4CuNO3. The van der Waals surface area contributed by atoms with Crippen molar-refractivity contribution in [1.82, 2.24) is 6.15 Å². The molecule has 0 aliphatic heterocycles. The van der Waals surface area contributed by atoms with Crippen LogP contribution >= 0.6 is 0 Å². The van der Waals surface area contributed by atoms with E-state index in [1.165, 1.54) is 0 Å². The van der Waals surface area contributed by atoms with Crippen LogP contribution in [0.4, 0.5) is 4.79 Å². The van der Waals surface area contributed by atoms with E-state index in [0.717, 1.165) is 0 Å². The second-order valence-corrected chi connectivity index (χ2v) is 0.266. The summed E-state index contributed by atoms with van der Waals surface area (Å²) < 4.78 is 0. The molecule has 0 spiro atoms. The number of carboxylic acid groups (broad SMARTS) is 2. The van der Waals surface area contributed by atoms with Gasteiger partial charge in [0, 0.05) is 0 Å². The second-order valence-electron chi connectivity index (χ2n) is 0.266. The van der Waals surface area contributed by atoms with Gasteiger partial charge in [0.2, 0.25) is 6.16 Å². The van der Waals surface area contributed by atoms with Gasteiger partial charge in [-0.2, -0.15) is 0 Å². The maximum atomic E-state index is 8.44. The zero-order valence-corrected chi connectivity index (χ0v) is 3.71. The van der Waals surface area contributed by atoms with E-state index in [1.54, 1.807) is 0 Å². The van der Waals surface area contributed by atoms with Gasteiger partial charge in [0.1, 0.15) is 0 Å². The standard InChI is InChI=1S/CH2O3.Cu.H3N/c2-1(3)4;;/h(H2,2,3,4);;1H3/q;+1;/p-1. The van der Waals surface area contributed by atoms with Gasteiger partial charge < -0.3 is 21.2 Å². The third-order valence-electron chi connectivity index (χ3n) is 0. The summed E-state index contributed by atoms with van der Waals surface area (Å²) in [6.45, 7) is 0. The predicted octanol–water partition coefficient (Wildman–Crippen LogP) is -0.953. The van der Waals surface area contributed by atoms with Crippen LogP contribution in [0.1, 0.15) is 0 Å². The van der Waals surface area contributed by atoms with Crippen LogP contribution in [0.15, 0.2) is 0 Å². The second kappa shape index (κ2) is 8.83. The molecule has 0 aromatic rings. The first-order chi connectivity index (χ1) is 1.73. The zero-order valence-electron chi connectivity index (χ0n) is 2.77. The van der Waals surface area contributed by atoms with Gasteiger partial charge in [-0.05, 0) is 0 Å². The van der Waals surface area contributed by atoms with E-state index in [9.17, 15) is 0 Å². The van der Waals surface area contributed by atoms with Crippen molar-refractivity contribution in [1.29, 1.82) is 0 Å². The molecule has 0 atom stereocenters. The molecule has 4 nitrogen and oxygen atoms in total. The Morgan fingerprint density at radius 3 is 1.67 bits per heavy atom. The van der Waals surface area contributed by atoms with Crippen LogP contribution < -0.4 is 11.3 Å². The molecule has 0 aliphatic carbocycles. The van der Waals surface area contributed by atoms with Crippen LogP contribution in [0.2, 0.25) is 0 Å². The molecule has 0 unspecified atom stereocenters. The molecular weight excluding hydrogens is 138 g/mol. The van der Waals surface area contributed by atoms with Gasteiger partial charge in [-0.25, -0.2) is 0 Å². The Morgan fingerprint density at radius 2 is 1.67 bits per heavy atom. The van der Waals surface area contributed by atoms with E-state index in [0.29, 0.717) is 0 Å². The topological polar surface area (TPSA) is 95.4 Å². The van der Waals surface area contributed by atoms with Gasteiger partial charge in [-0.15, -0.1) is 0 Å². The molecule has 0 aliphatic rings. The van der Waals surface area contributed by atoms with Gasteiger partial charge >= 0.3 is 17.1 Å². The molecule has 0 rings (SSSR count). The summed E-state index contributed by atoms with van der Waals surface area (Å²) in [5, 5.41) is 15.3. The van der Waals surface area contributed by atoms with Gasteiger partial charge in [-0.1, -0.05) is 0 Å². The number of carbonyl (C=O) groups is 1. The fourth-order valence-electron chi connectivity index (χ4n) is 0. The summed E-state index contributed by atoms with van der Waals surface area (Å²) in [4.78, 5) is 8.44. The van der Waals surface area contributed by atoms with E-state index in [-0.39, 0.29) is 23.2 Å². The molecule has 0 amide bonds. The van der Waals surface area contributed by atoms with Crippen molar-refractivity contribution in [3.8, 4) is 0 Å². The molecule has 0 radical (unpaired) electrons. The molecule has 0 aromatic heterocycles. The van der Waals surface area contributed by atoms with Crippen LogP contribution in [0, 0.1) is 0 Å². The molecule has 0 aromatic carbocycles. The van der Waals surface area contributed by atoms with Crippen LogP contribution in [0.3, 0.4) is 0 Å². The average molecular weight is 142 g/mol. The fraction of sp³-hybridized carbons (Fsp3) is 0. The van der Waals surface area contributed by atoms with Crippen LogP contribution in [0.5, 0.6) is 0 Å². The monoisotopic (exact) mass is 141 g/mol. The van der Waals surface area contributed by atoms with Crippen LogP contribution in [-0.4, -0.2) is 11.3 Å². The smallest absolute Gasteiger partial charge is 0.565 e. The zero-order chi connectivity index (χ0) is 3.58. The van der Waals surface area contributed by atoms with E-state index >= 15 is 0 Å². The van der Waals surface area contributed by atoms with Gasteiger partial charge in [0.15, 0.2) is 0 Å². The Kier molecular flexibility index (Phi) is 25.3. The Morgan fingerprint density at radius 1 is 1.67 bits per heavy atom. The molecule has 6 heavy (non-hydrogen) atoms. The maximum Gasteiger partial charge on any atom is 1.00 e. The third kappa shape index (κ3) is 452. The first kappa shape index (κ1) is 17.2. The first-order valence-electron chi connectivity index (χ1n) is 0.632. The van der Waals surface area contributed by atoms with Gasteiger partial charge in [0.05, 0.1) is 0 Å². The molecule has 0 fully saturated rings. The molecule has 0 saturated heterocycles. The quantitative estimate of drug-likeness (QED) is 0.425. The third-order valence-corrected chi connectivity index (χ3v) is 0. The number of rotatable bonds is 0. The minimum Gasteiger partial charge on any atom is -0.565 e. The van der Waals surface area contributed by atoms with Crippen LogP contribution in [-0.2, 0) is 17.1 Å². The van der Waals surface area contributed by atoms with Crippen molar-refractivity contribution >= 4 is 6.16 Å². The Hall–Kier alpha value is -0.251. The van der Waals surface area contributed by atoms with Crippen molar-refractivity contribution < 1.29 is 32.1 Å². The van der Waals surface area contributed by atoms with E-state index in [1.807, 2.05) is 0 Å². The molecule has 0 bridgehead atoms. The summed E-state index contributed by atoms with van der Waals surface area (Å²) in [6.07, 6.45) is -2.08. The van der Waals surface area contributed by atoms with Crippen molar-refractivity contribution in [2.24, 2.45) is 0 Å². The summed E-state index contributed by atoms with van der Waals surface area (Å²) in [5.74, 6) is 0. The summed E-state index contributed by atoms with van der Waals surface area (Å²) in [5.41, 5.74) is 0. The largest absolute Gasteiger partial charge is 1.00 e. The van der Waals surface area contributed by atoms with E-state index in [2.05, 4.69) is 0 Å². The molecule has 0 heterocycles. The number of hydrogen-bond donors (Lipinski definition) is 2. The summed E-state index contributed by atoms with van der Waals surface area (Å²) in [6, 6.07) is 0. The molecule has 5 heteroatoms. The average Bonchev–Trinajstić information content (AvgIpc) is 0.811. The number of hydrogen-bond acceptors (Lipinski definition) is 3. The van der Waals surface area contributed by atoms with E-state index < -0.39 is 6.16 Å². The fourth-order valence-corrected chi connectivity index (χ4v) is 0. The summed E-state index contributed by atoms with van der Waals surface area (Å²) in [7, 11) is 0. The normalized spacial score (nSPS) is 4.00. The Balaban J connectivity index is -0.0000000450. The van der Waals surface area contributed by atoms with Gasteiger partial charge in [0.25, 0.3) is 0 Å². The predicted molar refractivity (Wildman–Crippen MR) is 13.0 cm³/mol. The Bertz CT molecular complexity index is 33.8. The molecule has 0 saturated carbocycles. The van der Waals surface area contributed by atoms with Crippen molar-refractivity contribution in [2.75, 3.05) is 0 Å². The maximum absolute atomic E-state index is 8.44. The van der Waals surface area contributed by atoms with Crippen molar-refractivity contribution in [3.05, 3.63) is 0 Å². The van der Waals surface area contributed by atoms with Gasteiger partial charge in [-0.3, -0.25) is 0 Å². The summed E-state index contributed by atoms with van der Waals surface area (Å²) >= 11 is 0. The van der Waals surface area contributed by atoms with Crippen molar-refractivity contribution in [2.45, 2.75) is 0 Å². The van der Waals surface area contributed by atoms with E-state index in [4.69, 9.17) is 15.0 Å². The van der Waals surface area contributed by atoms with Crippen LogP contribution in [0.25, 0.3) is 0 Å².